The molecule has 0 aliphatic carbocycles. The van der Waals surface area contributed by atoms with Gasteiger partial charge in [-0.25, -0.2) is 9.59 Å². The van der Waals surface area contributed by atoms with Gasteiger partial charge >= 0.3 is 12.1 Å². The maximum Gasteiger partial charge on any atom is 0.408 e. The highest BCUT2D eigenvalue weighted by molar-refractivity contribution is 5.89. The van der Waals surface area contributed by atoms with Crippen molar-refractivity contribution in [3.63, 3.8) is 0 Å². The van der Waals surface area contributed by atoms with Crippen LogP contribution in [0.5, 0.6) is 5.75 Å². The van der Waals surface area contributed by atoms with Crippen LogP contribution in [0.1, 0.15) is 16.7 Å². The van der Waals surface area contributed by atoms with E-state index in [0.29, 0.717) is 5.56 Å². The lowest BCUT2D eigenvalue weighted by Crippen LogP contribution is -2.54. The number of benzene rings is 3. The number of rotatable bonds is 12. The molecule has 9 heteroatoms. The van der Waals surface area contributed by atoms with Crippen LogP contribution in [0.25, 0.3) is 0 Å². The number of nitrogens with one attached hydrogen (secondary N) is 2. The summed E-state index contributed by atoms with van der Waals surface area (Å²) in [6.07, 6.45) is -0.685. The van der Waals surface area contributed by atoms with Crippen molar-refractivity contribution in [3.8, 4) is 5.75 Å². The average molecular weight is 507 g/mol. The van der Waals surface area contributed by atoms with E-state index in [-0.39, 0.29) is 32.0 Å². The lowest BCUT2D eigenvalue weighted by Gasteiger charge is -2.22. The van der Waals surface area contributed by atoms with Gasteiger partial charge in [-0.15, -0.1) is 0 Å². The highest BCUT2D eigenvalue weighted by Crippen LogP contribution is 2.12. The van der Waals surface area contributed by atoms with Crippen molar-refractivity contribution in [3.05, 3.63) is 102 Å². The van der Waals surface area contributed by atoms with Gasteiger partial charge in [0.25, 0.3) is 0 Å². The number of ether oxygens (including phenoxy) is 3. The smallest absolute Gasteiger partial charge is 0.408 e. The number of alkyl carbamates (subject to hydrolysis) is 1. The topological polar surface area (TPSA) is 123 Å². The second-order valence-electron chi connectivity index (χ2n) is 8.21. The summed E-state index contributed by atoms with van der Waals surface area (Å²) in [5, 5.41) is 14.7. The van der Waals surface area contributed by atoms with E-state index < -0.39 is 30.1 Å². The first-order valence-electron chi connectivity index (χ1n) is 11.7. The molecule has 0 fully saturated rings. The third-order valence-electron chi connectivity index (χ3n) is 5.40. The number of carbonyl (C=O) groups excluding carboxylic acids is 3. The minimum Gasteiger partial charge on any atom is -0.508 e. The fourth-order valence-electron chi connectivity index (χ4n) is 3.43. The fraction of sp³-hybridized carbons (Fsp3) is 0.250. The molecule has 0 saturated heterocycles. The van der Waals surface area contributed by atoms with Gasteiger partial charge < -0.3 is 30.0 Å². The van der Waals surface area contributed by atoms with Crippen LogP contribution in [-0.4, -0.2) is 48.9 Å². The first-order valence-corrected chi connectivity index (χ1v) is 11.7. The molecule has 0 aliphatic rings. The summed E-state index contributed by atoms with van der Waals surface area (Å²) in [7, 11) is 1.22. The van der Waals surface area contributed by atoms with Crippen molar-refractivity contribution in [1.29, 1.82) is 0 Å². The molecule has 3 rings (SSSR count). The molecule has 3 aromatic rings. The minimum absolute atomic E-state index is 0.0253. The molecule has 0 unspecified atom stereocenters. The quantitative estimate of drug-likeness (QED) is 0.323. The second kappa shape index (κ2) is 14.3. The Labute approximate surface area is 215 Å². The Morgan fingerprint density at radius 1 is 0.757 bits per heavy atom. The van der Waals surface area contributed by atoms with E-state index in [4.69, 9.17) is 14.2 Å². The second-order valence-corrected chi connectivity index (χ2v) is 8.21. The number of phenolic OH excluding ortho intramolecular Hbond substituents is 1. The number of phenols is 1. The van der Waals surface area contributed by atoms with Crippen LogP contribution in [0.15, 0.2) is 84.9 Å². The van der Waals surface area contributed by atoms with Crippen molar-refractivity contribution in [2.24, 2.45) is 0 Å². The average Bonchev–Trinajstić information content (AvgIpc) is 2.92. The lowest BCUT2D eigenvalue weighted by atomic mass is 10.1. The maximum absolute atomic E-state index is 13.2. The van der Waals surface area contributed by atoms with Crippen LogP contribution in [-0.2, 0) is 43.4 Å². The van der Waals surface area contributed by atoms with Gasteiger partial charge in [0.1, 0.15) is 24.4 Å². The van der Waals surface area contributed by atoms with E-state index in [2.05, 4.69) is 10.6 Å². The molecule has 0 heterocycles. The molecule has 0 aromatic heterocycles. The Bertz CT molecular complexity index is 1140. The molecule has 3 aromatic carbocycles. The Balaban J connectivity index is 1.66. The van der Waals surface area contributed by atoms with Gasteiger partial charge in [0.05, 0.1) is 20.3 Å². The third kappa shape index (κ3) is 9.30. The van der Waals surface area contributed by atoms with Crippen molar-refractivity contribution >= 4 is 18.0 Å². The van der Waals surface area contributed by atoms with Gasteiger partial charge in [0, 0.05) is 6.42 Å². The van der Waals surface area contributed by atoms with Gasteiger partial charge in [-0.1, -0.05) is 72.8 Å². The van der Waals surface area contributed by atoms with E-state index in [0.717, 1.165) is 11.1 Å². The largest absolute Gasteiger partial charge is 0.508 e. The summed E-state index contributed by atoms with van der Waals surface area (Å²) >= 11 is 0. The molecular formula is C28H30N2O7. The number of hydrogen-bond donors (Lipinski definition) is 3. The normalized spacial score (nSPS) is 12.1. The highest BCUT2D eigenvalue weighted by atomic mass is 16.5. The van der Waals surface area contributed by atoms with Crippen LogP contribution >= 0.6 is 0 Å². The summed E-state index contributed by atoms with van der Waals surface area (Å²) < 4.78 is 15.8. The summed E-state index contributed by atoms with van der Waals surface area (Å²) in [6, 6.07) is 22.6. The number of methoxy groups -OCH3 is 1. The van der Waals surface area contributed by atoms with E-state index in [1.165, 1.54) is 19.2 Å². The molecule has 2 atom stereocenters. The molecule has 0 spiro atoms. The van der Waals surface area contributed by atoms with Crippen LogP contribution in [0.3, 0.4) is 0 Å². The molecule has 0 aliphatic heterocycles. The molecule has 3 N–H and O–H groups in total. The Morgan fingerprint density at radius 2 is 1.35 bits per heavy atom. The molecule has 9 nitrogen and oxygen atoms in total. The van der Waals surface area contributed by atoms with Gasteiger partial charge in [-0.2, -0.15) is 0 Å². The van der Waals surface area contributed by atoms with Crippen molar-refractivity contribution in [2.75, 3.05) is 13.7 Å². The molecular weight excluding hydrogens is 476 g/mol. The van der Waals surface area contributed by atoms with Crippen molar-refractivity contribution in [1.82, 2.24) is 10.6 Å². The Kier molecular flexibility index (Phi) is 10.5. The summed E-state index contributed by atoms with van der Waals surface area (Å²) in [5.41, 5.74) is 2.38. The molecule has 37 heavy (non-hydrogen) atoms. The zero-order valence-corrected chi connectivity index (χ0v) is 20.5. The summed E-state index contributed by atoms with van der Waals surface area (Å²) in [5.74, 6) is -1.22. The van der Waals surface area contributed by atoms with Crippen LogP contribution < -0.4 is 10.6 Å². The standard InChI is InChI=1S/C28H30N2O7/c1-35-27(33)24(16-20-12-14-23(31)15-13-20)29-26(32)25(19-36-17-21-8-4-2-5-9-21)30-28(34)37-18-22-10-6-3-7-11-22/h2-15,24-25,31H,16-19H2,1H3,(H,29,32)(H,30,34)/t24-,25+/m0/s1. The third-order valence-corrected chi connectivity index (χ3v) is 5.40. The summed E-state index contributed by atoms with van der Waals surface area (Å²) in [4.78, 5) is 38.0. The van der Waals surface area contributed by atoms with Gasteiger partial charge in [0.15, 0.2) is 0 Å². The highest BCUT2D eigenvalue weighted by Gasteiger charge is 2.28. The Hall–Kier alpha value is -4.37. The first-order chi connectivity index (χ1) is 17.9. The van der Waals surface area contributed by atoms with E-state index in [9.17, 15) is 19.5 Å². The zero-order chi connectivity index (χ0) is 26.5. The SMILES string of the molecule is COC(=O)[C@H](Cc1ccc(O)cc1)NC(=O)[C@@H](COCc1ccccc1)NC(=O)OCc1ccccc1. The monoisotopic (exact) mass is 506 g/mol. The van der Waals surface area contributed by atoms with Crippen LogP contribution in [0.4, 0.5) is 4.79 Å². The summed E-state index contributed by atoms with van der Waals surface area (Å²) in [6.45, 7) is 0.0884. The molecule has 194 valence electrons. The van der Waals surface area contributed by atoms with Crippen LogP contribution in [0, 0.1) is 0 Å². The van der Waals surface area contributed by atoms with Gasteiger partial charge in [-0.05, 0) is 28.8 Å². The number of amides is 2. The van der Waals surface area contributed by atoms with Gasteiger partial charge in [0.2, 0.25) is 5.91 Å². The van der Waals surface area contributed by atoms with E-state index >= 15 is 0 Å². The number of aromatic hydroxyl groups is 1. The van der Waals surface area contributed by atoms with E-state index in [1.54, 1.807) is 12.1 Å². The predicted octanol–water partition coefficient (Wildman–Crippen LogP) is 3.10. The lowest BCUT2D eigenvalue weighted by molar-refractivity contribution is -0.145. The number of carbonyl (C=O) groups is 3. The minimum atomic E-state index is -1.14. The molecule has 0 radical (unpaired) electrons. The maximum atomic E-state index is 13.2. The fourth-order valence-corrected chi connectivity index (χ4v) is 3.43. The predicted molar refractivity (Wildman–Crippen MR) is 135 cm³/mol. The molecule has 2 amide bonds. The van der Waals surface area contributed by atoms with Gasteiger partial charge in [-0.3, -0.25) is 4.79 Å². The Morgan fingerprint density at radius 3 is 1.95 bits per heavy atom. The van der Waals surface area contributed by atoms with Crippen LogP contribution in [0.2, 0.25) is 0 Å². The zero-order valence-electron chi connectivity index (χ0n) is 20.5. The van der Waals surface area contributed by atoms with Crippen molar-refractivity contribution < 1.29 is 33.7 Å². The van der Waals surface area contributed by atoms with Crippen molar-refractivity contribution in [2.45, 2.75) is 31.7 Å². The number of hydrogen-bond acceptors (Lipinski definition) is 7. The van der Waals surface area contributed by atoms with E-state index in [1.807, 2.05) is 60.7 Å². The molecule has 0 bridgehead atoms. The first kappa shape index (κ1) is 27.2. The molecule has 0 saturated carbocycles. The number of esters is 1.